The van der Waals surface area contributed by atoms with E-state index in [1.165, 1.54) is 12.3 Å². The number of amides is 1. The number of alkyl halides is 3. The summed E-state index contributed by atoms with van der Waals surface area (Å²) in [5, 5.41) is 13.1. The number of rotatable bonds is 5. The fourth-order valence-electron chi connectivity index (χ4n) is 1.25. The van der Waals surface area contributed by atoms with Gasteiger partial charge in [-0.15, -0.1) is 0 Å². The van der Waals surface area contributed by atoms with E-state index in [1.807, 2.05) is 5.32 Å². The van der Waals surface area contributed by atoms with E-state index in [-0.39, 0.29) is 12.4 Å². The molecule has 0 aliphatic rings. The van der Waals surface area contributed by atoms with Gasteiger partial charge in [0, 0.05) is 19.3 Å². The fourth-order valence-corrected chi connectivity index (χ4v) is 1.25. The fraction of sp³-hybridized carbons (Fsp3) is 0.400. The monoisotopic (exact) mass is 278 g/mol. The lowest BCUT2D eigenvalue weighted by Gasteiger charge is -2.16. The summed E-state index contributed by atoms with van der Waals surface area (Å²) >= 11 is 0. The standard InChI is InChI=1S/C10H13F3N4O2/c11-10(12,13)7(14)5-15-4-6-1-2-16-8(3-6)17-9(18)19/h1-3,7,15H,4-5,14H2,(H,16,17)(H,18,19)/t7-/m0/s1. The average Bonchev–Trinajstić information content (AvgIpc) is 2.27. The Kier molecular flexibility index (Phi) is 5.07. The van der Waals surface area contributed by atoms with Gasteiger partial charge in [-0.05, 0) is 17.7 Å². The quantitative estimate of drug-likeness (QED) is 0.647. The zero-order chi connectivity index (χ0) is 14.5. The van der Waals surface area contributed by atoms with Gasteiger partial charge >= 0.3 is 12.3 Å². The van der Waals surface area contributed by atoms with Gasteiger partial charge in [0.1, 0.15) is 11.9 Å². The van der Waals surface area contributed by atoms with Crippen LogP contribution < -0.4 is 16.4 Å². The molecule has 1 heterocycles. The largest absolute Gasteiger partial charge is 0.465 e. The van der Waals surface area contributed by atoms with Crippen LogP contribution in [0.15, 0.2) is 18.3 Å². The Morgan fingerprint density at radius 1 is 1.53 bits per heavy atom. The number of nitrogens with one attached hydrogen (secondary N) is 2. The molecule has 0 aliphatic carbocycles. The van der Waals surface area contributed by atoms with Gasteiger partial charge in [-0.2, -0.15) is 13.2 Å². The molecule has 1 rings (SSSR count). The summed E-state index contributed by atoms with van der Waals surface area (Å²) in [4.78, 5) is 14.1. The number of hydrogen-bond acceptors (Lipinski definition) is 4. The minimum absolute atomic E-state index is 0.104. The van der Waals surface area contributed by atoms with Gasteiger partial charge in [0.05, 0.1) is 0 Å². The first-order valence-corrected chi connectivity index (χ1v) is 5.27. The lowest BCUT2D eigenvalue weighted by Crippen LogP contribution is -2.45. The van der Waals surface area contributed by atoms with E-state index in [2.05, 4.69) is 10.3 Å². The minimum Gasteiger partial charge on any atom is -0.465 e. The summed E-state index contributed by atoms with van der Waals surface area (Å²) < 4.78 is 36.4. The Balaban J connectivity index is 2.47. The van der Waals surface area contributed by atoms with Crippen LogP contribution in [0.25, 0.3) is 0 Å². The molecule has 19 heavy (non-hydrogen) atoms. The molecule has 0 radical (unpaired) electrons. The van der Waals surface area contributed by atoms with Gasteiger partial charge in [0.25, 0.3) is 0 Å². The molecule has 0 fully saturated rings. The molecular formula is C10H13F3N4O2. The first-order chi connectivity index (χ1) is 8.79. The summed E-state index contributed by atoms with van der Waals surface area (Å²) in [7, 11) is 0. The maximum Gasteiger partial charge on any atom is 0.410 e. The lowest BCUT2D eigenvalue weighted by atomic mass is 10.2. The van der Waals surface area contributed by atoms with Crippen molar-refractivity contribution in [2.24, 2.45) is 5.73 Å². The molecule has 0 aliphatic heterocycles. The SMILES string of the molecule is N[C@@H](CNCc1ccnc(NC(=O)O)c1)C(F)(F)F. The summed E-state index contributed by atoms with van der Waals surface area (Å²) in [5.74, 6) is 0.104. The number of carbonyl (C=O) groups is 1. The molecule has 106 valence electrons. The van der Waals surface area contributed by atoms with Crippen LogP contribution in [0.2, 0.25) is 0 Å². The van der Waals surface area contributed by atoms with Crippen molar-refractivity contribution in [3.8, 4) is 0 Å². The van der Waals surface area contributed by atoms with Gasteiger partial charge in [0.2, 0.25) is 0 Å². The van der Waals surface area contributed by atoms with E-state index < -0.39 is 24.9 Å². The molecule has 5 N–H and O–H groups in total. The van der Waals surface area contributed by atoms with Crippen molar-refractivity contribution >= 4 is 11.9 Å². The van der Waals surface area contributed by atoms with Crippen molar-refractivity contribution in [3.63, 3.8) is 0 Å². The van der Waals surface area contributed by atoms with Crippen molar-refractivity contribution in [3.05, 3.63) is 23.9 Å². The number of nitrogens with zero attached hydrogens (tertiary/aromatic N) is 1. The maximum atomic E-state index is 12.1. The molecule has 1 aromatic heterocycles. The summed E-state index contributed by atoms with van der Waals surface area (Å²) in [6.07, 6.45) is -4.36. The lowest BCUT2D eigenvalue weighted by molar-refractivity contribution is -0.146. The summed E-state index contributed by atoms with van der Waals surface area (Å²) in [6.45, 7) is -0.298. The van der Waals surface area contributed by atoms with E-state index in [9.17, 15) is 18.0 Å². The zero-order valence-corrected chi connectivity index (χ0v) is 9.74. The van der Waals surface area contributed by atoms with Crippen LogP contribution in [0.4, 0.5) is 23.8 Å². The maximum absolute atomic E-state index is 12.1. The second-order valence-electron chi connectivity index (χ2n) is 3.76. The van der Waals surface area contributed by atoms with Crippen LogP contribution in [0.5, 0.6) is 0 Å². The van der Waals surface area contributed by atoms with Crippen LogP contribution >= 0.6 is 0 Å². The Bertz CT molecular complexity index is 439. The highest BCUT2D eigenvalue weighted by Gasteiger charge is 2.36. The van der Waals surface area contributed by atoms with Crippen LogP contribution in [-0.4, -0.2) is 34.9 Å². The third-order valence-corrected chi connectivity index (χ3v) is 2.17. The molecule has 0 aromatic carbocycles. The highest BCUT2D eigenvalue weighted by atomic mass is 19.4. The Hall–Kier alpha value is -1.87. The third-order valence-electron chi connectivity index (χ3n) is 2.17. The smallest absolute Gasteiger partial charge is 0.410 e. The molecule has 9 heteroatoms. The van der Waals surface area contributed by atoms with Crippen molar-refractivity contribution in [1.29, 1.82) is 0 Å². The van der Waals surface area contributed by atoms with Gasteiger partial charge in [-0.3, -0.25) is 5.32 Å². The van der Waals surface area contributed by atoms with Crippen molar-refractivity contribution in [2.45, 2.75) is 18.8 Å². The topological polar surface area (TPSA) is 100 Å². The number of nitrogens with two attached hydrogens (primary N) is 1. The predicted octanol–water partition coefficient (Wildman–Crippen LogP) is 1.15. The molecule has 0 saturated heterocycles. The normalized spacial score (nSPS) is 13.1. The Labute approximate surface area is 106 Å². The predicted molar refractivity (Wildman–Crippen MR) is 61.6 cm³/mol. The number of pyridine rings is 1. The van der Waals surface area contributed by atoms with Crippen LogP contribution in [0, 0.1) is 0 Å². The van der Waals surface area contributed by atoms with Gasteiger partial charge < -0.3 is 16.2 Å². The van der Waals surface area contributed by atoms with Crippen molar-refractivity contribution in [2.75, 3.05) is 11.9 Å². The number of aromatic nitrogens is 1. The van der Waals surface area contributed by atoms with Gasteiger partial charge in [0.15, 0.2) is 0 Å². The van der Waals surface area contributed by atoms with E-state index in [1.54, 1.807) is 6.07 Å². The first-order valence-electron chi connectivity index (χ1n) is 5.27. The van der Waals surface area contributed by atoms with E-state index in [0.29, 0.717) is 5.56 Å². The highest BCUT2D eigenvalue weighted by molar-refractivity contribution is 5.81. The molecular weight excluding hydrogens is 265 g/mol. The Morgan fingerprint density at radius 2 is 2.21 bits per heavy atom. The van der Waals surface area contributed by atoms with E-state index in [0.717, 1.165) is 0 Å². The molecule has 1 aromatic rings. The minimum atomic E-state index is -4.44. The van der Waals surface area contributed by atoms with Crippen molar-refractivity contribution in [1.82, 2.24) is 10.3 Å². The number of hydrogen-bond donors (Lipinski definition) is 4. The molecule has 0 unspecified atom stereocenters. The van der Waals surface area contributed by atoms with Crippen LogP contribution in [0.1, 0.15) is 5.56 Å². The van der Waals surface area contributed by atoms with Gasteiger partial charge in [-0.25, -0.2) is 9.78 Å². The molecule has 0 bridgehead atoms. The van der Waals surface area contributed by atoms with E-state index in [4.69, 9.17) is 10.8 Å². The molecule has 1 amide bonds. The molecule has 0 saturated carbocycles. The summed E-state index contributed by atoms with van der Waals surface area (Å²) in [5.41, 5.74) is 5.51. The van der Waals surface area contributed by atoms with Gasteiger partial charge in [-0.1, -0.05) is 0 Å². The zero-order valence-electron chi connectivity index (χ0n) is 9.74. The van der Waals surface area contributed by atoms with Crippen molar-refractivity contribution < 1.29 is 23.1 Å². The van der Waals surface area contributed by atoms with E-state index >= 15 is 0 Å². The summed E-state index contributed by atoms with van der Waals surface area (Å²) in [6, 6.07) is 1.03. The average molecular weight is 278 g/mol. The third kappa shape index (κ3) is 5.53. The molecule has 0 spiro atoms. The number of halogens is 3. The van der Waals surface area contributed by atoms with Crippen LogP contribution in [-0.2, 0) is 6.54 Å². The number of carboxylic acid groups (broad SMARTS) is 1. The highest BCUT2D eigenvalue weighted by Crippen LogP contribution is 2.17. The Morgan fingerprint density at radius 3 is 2.79 bits per heavy atom. The molecule has 6 nitrogen and oxygen atoms in total. The van der Waals surface area contributed by atoms with Crippen LogP contribution in [0.3, 0.4) is 0 Å². The first kappa shape index (κ1) is 15.2. The second kappa shape index (κ2) is 6.34. The number of anilines is 1. The molecule has 1 atom stereocenters. The second-order valence-corrected chi connectivity index (χ2v) is 3.76.